The fourth-order valence-corrected chi connectivity index (χ4v) is 3.45. The van der Waals surface area contributed by atoms with Crippen LogP contribution >= 0.6 is 0 Å². The first kappa shape index (κ1) is 14.5. The Morgan fingerprint density at radius 2 is 1.88 bits per heavy atom. The van der Waals surface area contributed by atoms with E-state index in [9.17, 15) is 5.26 Å². The lowest BCUT2D eigenvalue weighted by atomic mass is 9.94. The quantitative estimate of drug-likeness (QED) is 0.483. The van der Waals surface area contributed by atoms with Gasteiger partial charge in [0.2, 0.25) is 5.69 Å². The minimum Gasteiger partial charge on any atom is -0.456 e. The molecule has 116 valence electrons. The Balaban J connectivity index is 2.22. The molecule has 0 fully saturated rings. The summed E-state index contributed by atoms with van der Waals surface area (Å²) >= 11 is 0. The Morgan fingerprint density at radius 1 is 1.04 bits per heavy atom. The lowest BCUT2D eigenvalue weighted by Crippen LogP contribution is -2.30. The Kier molecular flexibility index (Phi) is 3.14. The zero-order chi connectivity index (χ0) is 16.8. The van der Waals surface area contributed by atoms with Gasteiger partial charge in [-0.2, -0.15) is 5.26 Å². The first-order valence-corrected chi connectivity index (χ1v) is 7.92. The molecule has 0 bridgehead atoms. The molecule has 3 heteroatoms. The van der Waals surface area contributed by atoms with Crippen LogP contribution in [0.5, 0.6) is 0 Å². The molecular weight excluding hydrogens is 296 g/mol. The topological polar surface area (TPSA) is 40.8 Å². The van der Waals surface area contributed by atoms with Crippen molar-refractivity contribution in [1.82, 2.24) is 0 Å². The maximum Gasteiger partial charge on any atom is 0.213 e. The molecule has 0 spiro atoms. The predicted octanol–water partition coefficient (Wildman–Crippen LogP) is 4.57. The van der Waals surface area contributed by atoms with Gasteiger partial charge >= 0.3 is 0 Å². The predicted molar refractivity (Wildman–Crippen MR) is 94.5 cm³/mol. The third-order valence-electron chi connectivity index (χ3n) is 4.60. The SMILES string of the molecule is Cc1cc2oc3c(C)cccc3c2c(C#N)c1-c1cccc[n+]1C. The Labute approximate surface area is 140 Å². The molecule has 4 aromatic rings. The molecule has 4 rings (SSSR count). The number of fused-ring (bicyclic) bond motifs is 3. The average molecular weight is 313 g/mol. The van der Waals surface area contributed by atoms with Crippen LogP contribution in [0.15, 0.2) is 53.1 Å². The molecule has 3 nitrogen and oxygen atoms in total. The second-order valence-electron chi connectivity index (χ2n) is 6.18. The lowest BCUT2D eigenvalue weighted by Gasteiger charge is -2.07. The van der Waals surface area contributed by atoms with Crippen LogP contribution in [0.3, 0.4) is 0 Å². The number of hydrogen-bond donors (Lipinski definition) is 0. The van der Waals surface area contributed by atoms with Gasteiger partial charge in [0.15, 0.2) is 6.20 Å². The van der Waals surface area contributed by atoms with Crippen LogP contribution in [-0.4, -0.2) is 0 Å². The van der Waals surface area contributed by atoms with Crippen molar-refractivity contribution in [2.24, 2.45) is 7.05 Å². The molecule has 2 heterocycles. The summed E-state index contributed by atoms with van der Waals surface area (Å²) in [5.74, 6) is 0. The Morgan fingerprint density at radius 3 is 2.62 bits per heavy atom. The molecular formula is C21H17N2O+. The highest BCUT2D eigenvalue weighted by Crippen LogP contribution is 2.38. The van der Waals surface area contributed by atoms with Gasteiger partial charge in [-0.15, -0.1) is 0 Å². The van der Waals surface area contributed by atoms with Crippen LogP contribution in [0.25, 0.3) is 33.2 Å². The number of benzene rings is 2. The number of aromatic nitrogens is 1. The van der Waals surface area contributed by atoms with Crippen LogP contribution in [0.4, 0.5) is 0 Å². The summed E-state index contributed by atoms with van der Waals surface area (Å²) in [6.07, 6.45) is 2.00. The molecule has 0 amide bonds. The minimum absolute atomic E-state index is 0.677. The van der Waals surface area contributed by atoms with Crippen molar-refractivity contribution in [1.29, 1.82) is 5.26 Å². The van der Waals surface area contributed by atoms with Crippen molar-refractivity contribution in [2.75, 3.05) is 0 Å². The maximum atomic E-state index is 9.94. The number of nitrogens with zero attached hydrogens (tertiary/aromatic N) is 2. The monoisotopic (exact) mass is 313 g/mol. The first-order valence-electron chi connectivity index (χ1n) is 7.92. The van der Waals surface area contributed by atoms with Crippen LogP contribution in [0.2, 0.25) is 0 Å². The summed E-state index contributed by atoms with van der Waals surface area (Å²) in [7, 11) is 2.00. The number of furan rings is 1. The average Bonchev–Trinajstić information content (AvgIpc) is 2.94. The van der Waals surface area contributed by atoms with E-state index in [1.165, 1.54) is 0 Å². The fraction of sp³-hybridized carbons (Fsp3) is 0.143. The molecule has 2 aromatic heterocycles. The van der Waals surface area contributed by atoms with Crippen LogP contribution < -0.4 is 4.57 Å². The van der Waals surface area contributed by atoms with E-state index < -0.39 is 0 Å². The zero-order valence-corrected chi connectivity index (χ0v) is 13.9. The summed E-state index contributed by atoms with van der Waals surface area (Å²) in [5, 5.41) is 11.8. The van der Waals surface area contributed by atoms with Gasteiger partial charge in [0.1, 0.15) is 24.3 Å². The van der Waals surface area contributed by atoms with Crippen molar-refractivity contribution in [3.05, 3.63) is 65.4 Å². The van der Waals surface area contributed by atoms with Crippen molar-refractivity contribution in [3.63, 3.8) is 0 Å². The van der Waals surface area contributed by atoms with Gasteiger partial charge in [-0.3, -0.25) is 0 Å². The molecule has 0 N–H and O–H groups in total. The van der Waals surface area contributed by atoms with Crippen LogP contribution in [0.1, 0.15) is 16.7 Å². The number of aryl methyl sites for hydroxylation is 3. The summed E-state index contributed by atoms with van der Waals surface area (Å²) < 4.78 is 8.11. The molecule has 0 aliphatic heterocycles. The number of para-hydroxylation sites is 1. The first-order chi connectivity index (χ1) is 11.6. The van der Waals surface area contributed by atoms with Gasteiger partial charge in [0, 0.05) is 22.9 Å². The highest BCUT2D eigenvalue weighted by molar-refractivity contribution is 6.11. The molecule has 0 saturated heterocycles. The molecule has 2 aromatic carbocycles. The highest BCUT2D eigenvalue weighted by Gasteiger charge is 2.22. The maximum absolute atomic E-state index is 9.94. The van der Waals surface area contributed by atoms with E-state index in [4.69, 9.17) is 4.42 Å². The van der Waals surface area contributed by atoms with E-state index in [0.717, 1.165) is 44.3 Å². The minimum atomic E-state index is 0.677. The molecule has 0 aliphatic rings. The molecule has 0 saturated carbocycles. The van der Waals surface area contributed by atoms with Gasteiger partial charge < -0.3 is 4.42 Å². The van der Waals surface area contributed by atoms with Gasteiger partial charge in [-0.25, -0.2) is 4.57 Å². The third kappa shape index (κ3) is 1.93. The second-order valence-corrected chi connectivity index (χ2v) is 6.18. The largest absolute Gasteiger partial charge is 0.456 e. The number of pyridine rings is 1. The van der Waals surface area contributed by atoms with E-state index in [-0.39, 0.29) is 0 Å². The molecule has 0 radical (unpaired) electrons. The molecule has 24 heavy (non-hydrogen) atoms. The van der Waals surface area contributed by atoms with Gasteiger partial charge in [0.25, 0.3) is 0 Å². The smallest absolute Gasteiger partial charge is 0.213 e. The number of nitriles is 1. The summed E-state index contributed by atoms with van der Waals surface area (Å²) in [4.78, 5) is 0. The van der Waals surface area contributed by atoms with E-state index in [0.29, 0.717) is 5.56 Å². The van der Waals surface area contributed by atoms with E-state index >= 15 is 0 Å². The third-order valence-corrected chi connectivity index (χ3v) is 4.60. The Hall–Kier alpha value is -3.12. The normalized spacial score (nSPS) is 11.1. The zero-order valence-electron chi connectivity index (χ0n) is 13.9. The molecule has 0 aliphatic carbocycles. The van der Waals surface area contributed by atoms with E-state index in [1.54, 1.807) is 0 Å². The van der Waals surface area contributed by atoms with Gasteiger partial charge in [0.05, 0.1) is 11.1 Å². The second kappa shape index (κ2) is 5.21. The molecule has 0 unspecified atom stereocenters. The lowest BCUT2D eigenvalue weighted by molar-refractivity contribution is -0.660. The summed E-state index contributed by atoms with van der Waals surface area (Å²) in [6.45, 7) is 4.06. The van der Waals surface area contributed by atoms with Crippen molar-refractivity contribution in [2.45, 2.75) is 13.8 Å². The van der Waals surface area contributed by atoms with Gasteiger partial charge in [-0.05, 0) is 37.1 Å². The van der Waals surface area contributed by atoms with Crippen molar-refractivity contribution in [3.8, 4) is 17.3 Å². The molecule has 0 atom stereocenters. The van der Waals surface area contributed by atoms with Gasteiger partial charge in [-0.1, -0.05) is 18.2 Å². The fourth-order valence-electron chi connectivity index (χ4n) is 3.45. The van der Waals surface area contributed by atoms with E-state index in [2.05, 4.69) is 6.07 Å². The number of hydrogen-bond acceptors (Lipinski definition) is 2. The van der Waals surface area contributed by atoms with Crippen molar-refractivity contribution >= 4 is 21.9 Å². The van der Waals surface area contributed by atoms with Crippen molar-refractivity contribution < 1.29 is 8.98 Å². The van der Waals surface area contributed by atoms with Crippen LogP contribution in [-0.2, 0) is 7.05 Å². The standard InChI is InChI=1S/C21H17N2O/c1-13-7-6-8-15-20-16(12-22)19(17-9-4-5-10-23(17)3)14(2)11-18(20)24-21(13)15/h4-11H,1-3H3/q+1. The summed E-state index contributed by atoms with van der Waals surface area (Å²) in [6, 6.07) is 16.6. The highest BCUT2D eigenvalue weighted by atomic mass is 16.3. The number of rotatable bonds is 1. The Bertz CT molecular complexity index is 1150. The van der Waals surface area contributed by atoms with E-state index in [1.807, 2.05) is 74.1 Å². The van der Waals surface area contributed by atoms with Crippen LogP contribution in [0, 0.1) is 25.2 Å². The summed E-state index contributed by atoms with van der Waals surface area (Å²) in [5.41, 5.74) is 6.42.